The smallest absolute Gasteiger partial charge is 0.217 e. The van der Waals surface area contributed by atoms with Crippen LogP contribution in [0.5, 0.6) is 0 Å². The summed E-state index contributed by atoms with van der Waals surface area (Å²) in [5.41, 5.74) is 0.648. The van der Waals surface area contributed by atoms with Crippen LogP contribution in [0.3, 0.4) is 0 Å². The van der Waals surface area contributed by atoms with Crippen LogP contribution in [0.15, 0.2) is 60.2 Å². The average Bonchev–Trinajstić information content (AvgIpc) is 2.45. The highest BCUT2D eigenvalue weighted by Crippen LogP contribution is 2.21. The van der Waals surface area contributed by atoms with E-state index in [4.69, 9.17) is 0 Å². The number of aliphatic hydroxyl groups excluding tert-OH is 2. The first-order valence-electron chi connectivity index (χ1n) is 5.94. The molecule has 1 aromatic rings. The topological polar surface area (TPSA) is 98.0 Å². The minimum absolute atomic E-state index is 0.0429. The first-order chi connectivity index (χ1) is 9.42. The van der Waals surface area contributed by atoms with Crippen molar-refractivity contribution in [3.05, 3.63) is 65.8 Å². The van der Waals surface area contributed by atoms with Gasteiger partial charge < -0.3 is 20.4 Å². The maximum absolute atomic E-state index is 11.7. The van der Waals surface area contributed by atoms with E-state index in [1.165, 1.54) is 18.2 Å². The van der Waals surface area contributed by atoms with Crippen molar-refractivity contribution >= 4 is 11.5 Å². The summed E-state index contributed by atoms with van der Waals surface area (Å²) in [5, 5.41) is 37.8. The average molecular weight is 274 g/mol. The molecule has 0 aromatic heterocycles. The summed E-state index contributed by atoms with van der Waals surface area (Å²) < 4.78 is 0. The lowest BCUT2D eigenvalue weighted by Gasteiger charge is -2.26. The minimum atomic E-state index is -2.56. The molecule has 104 valence electrons. The lowest BCUT2D eigenvalue weighted by atomic mass is 9.92. The zero-order valence-corrected chi connectivity index (χ0v) is 10.5. The predicted octanol–water partition coefficient (Wildman–Crippen LogP) is 0.693. The molecule has 1 unspecified atom stereocenters. The van der Waals surface area contributed by atoms with Gasteiger partial charge in [-0.05, 0) is 24.3 Å². The molecule has 0 fully saturated rings. The molecule has 0 heterocycles. The van der Waals surface area contributed by atoms with Crippen molar-refractivity contribution in [3.8, 4) is 0 Å². The van der Waals surface area contributed by atoms with E-state index in [1.54, 1.807) is 30.3 Å². The zero-order chi connectivity index (χ0) is 14.8. The summed E-state index contributed by atoms with van der Waals surface area (Å²) in [6.07, 6.45) is 2.77. The van der Waals surface area contributed by atoms with Crippen LogP contribution in [-0.4, -0.2) is 38.1 Å². The quantitative estimate of drug-likeness (QED) is 0.361. The Morgan fingerprint density at radius 2 is 1.85 bits per heavy atom. The number of aliphatic hydroxyl groups is 4. The van der Waals surface area contributed by atoms with Crippen LogP contribution in [0.1, 0.15) is 5.56 Å². The third-order valence-electron chi connectivity index (χ3n) is 2.93. The van der Waals surface area contributed by atoms with E-state index in [9.17, 15) is 25.2 Å². The Balaban J connectivity index is 2.27. The van der Waals surface area contributed by atoms with Gasteiger partial charge in [0.05, 0.1) is 0 Å². The summed E-state index contributed by atoms with van der Waals surface area (Å²) >= 11 is 0. The number of Topliss-reactive ketones (excluding diaryl/α,β-unsaturated/α-hetero) is 1. The van der Waals surface area contributed by atoms with Crippen LogP contribution in [0.25, 0.3) is 5.76 Å². The molecule has 5 nitrogen and oxygen atoms in total. The van der Waals surface area contributed by atoms with Crippen molar-refractivity contribution in [1.29, 1.82) is 0 Å². The molecule has 5 heteroatoms. The van der Waals surface area contributed by atoms with Gasteiger partial charge in [-0.2, -0.15) is 0 Å². The van der Waals surface area contributed by atoms with Crippen molar-refractivity contribution < 1.29 is 25.2 Å². The van der Waals surface area contributed by atoms with E-state index >= 15 is 0 Å². The van der Waals surface area contributed by atoms with Gasteiger partial charge in [0.25, 0.3) is 0 Å². The molecule has 1 atom stereocenters. The highest BCUT2D eigenvalue weighted by Gasteiger charge is 2.40. The van der Waals surface area contributed by atoms with E-state index in [0.717, 1.165) is 6.08 Å². The zero-order valence-electron chi connectivity index (χ0n) is 10.5. The maximum Gasteiger partial charge on any atom is 0.217 e. The van der Waals surface area contributed by atoms with Gasteiger partial charge in [-0.15, -0.1) is 0 Å². The van der Waals surface area contributed by atoms with Gasteiger partial charge in [0.1, 0.15) is 5.76 Å². The standard InChI is InChI=1S/C15H14O5/c16-12(10-4-2-1-3-5-10)7-6-11-8-9-15(19,20)14(18)13(11)17/h1-9,14,16,18-20H/b11-6+,12-7-. The molecule has 0 bridgehead atoms. The molecule has 1 aromatic carbocycles. The highest BCUT2D eigenvalue weighted by atomic mass is 16.5. The third kappa shape index (κ3) is 2.85. The van der Waals surface area contributed by atoms with Crippen molar-refractivity contribution in [1.82, 2.24) is 0 Å². The number of benzene rings is 1. The lowest BCUT2D eigenvalue weighted by molar-refractivity contribution is -0.191. The molecule has 1 aliphatic rings. The van der Waals surface area contributed by atoms with E-state index in [1.807, 2.05) is 0 Å². The van der Waals surface area contributed by atoms with Gasteiger partial charge in [-0.1, -0.05) is 30.3 Å². The maximum atomic E-state index is 11.7. The summed E-state index contributed by atoms with van der Waals surface area (Å²) in [4.78, 5) is 11.7. The second kappa shape index (κ2) is 5.42. The number of ketones is 1. The molecule has 20 heavy (non-hydrogen) atoms. The third-order valence-corrected chi connectivity index (χ3v) is 2.93. The SMILES string of the molecule is O=C1/C(=C/C=C(\O)c2ccccc2)C=CC(O)(O)C1O. The Morgan fingerprint density at radius 1 is 1.20 bits per heavy atom. The Bertz CT molecular complexity index is 596. The van der Waals surface area contributed by atoms with E-state index < -0.39 is 17.7 Å². The summed E-state index contributed by atoms with van der Waals surface area (Å²) in [6.45, 7) is 0. The molecule has 2 rings (SSSR count). The molecule has 0 saturated heterocycles. The van der Waals surface area contributed by atoms with Crippen molar-refractivity contribution in [2.45, 2.75) is 11.9 Å². The van der Waals surface area contributed by atoms with Crippen LogP contribution in [-0.2, 0) is 4.79 Å². The lowest BCUT2D eigenvalue weighted by Crippen LogP contribution is -2.48. The highest BCUT2D eigenvalue weighted by molar-refractivity contribution is 6.03. The van der Waals surface area contributed by atoms with Crippen LogP contribution >= 0.6 is 0 Å². The summed E-state index contributed by atoms with van der Waals surface area (Å²) in [7, 11) is 0. The number of hydrogen-bond donors (Lipinski definition) is 4. The van der Waals surface area contributed by atoms with Crippen molar-refractivity contribution in [3.63, 3.8) is 0 Å². The van der Waals surface area contributed by atoms with Gasteiger partial charge in [0, 0.05) is 11.1 Å². The number of carbonyl (C=O) groups excluding carboxylic acids is 1. The molecular formula is C15H14O5. The molecule has 0 spiro atoms. The molecule has 0 radical (unpaired) electrons. The molecule has 1 aliphatic carbocycles. The number of carbonyl (C=O) groups is 1. The van der Waals surface area contributed by atoms with Gasteiger partial charge in [-0.25, -0.2) is 0 Å². The summed E-state index contributed by atoms with van der Waals surface area (Å²) in [6, 6.07) is 8.72. The Kier molecular flexibility index (Phi) is 3.85. The predicted molar refractivity (Wildman–Crippen MR) is 72.5 cm³/mol. The van der Waals surface area contributed by atoms with Crippen LogP contribution in [0.2, 0.25) is 0 Å². The Hall–Kier alpha value is -2.21. The Morgan fingerprint density at radius 3 is 2.50 bits per heavy atom. The second-order valence-electron chi connectivity index (χ2n) is 4.42. The second-order valence-corrected chi connectivity index (χ2v) is 4.42. The number of hydrogen-bond acceptors (Lipinski definition) is 5. The molecule has 0 amide bonds. The van der Waals surface area contributed by atoms with E-state index in [-0.39, 0.29) is 11.3 Å². The van der Waals surface area contributed by atoms with Crippen LogP contribution in [0, 0.1) is 0 Å². The fourth-order valence-electron chi connectivity index (χ4n) is 1.75. The largest absolute Gasteiger partial charge is 0.507 e. The molecule has 4 N–H and O–H groups in total. The van der Waals surface area contributed by atoms with Crippen molar-refractivity contribution in [2.24, 2.45) is 0 Å². The number of rotatable bonds is 2. The van der Waals surface area contributed by atoms with E-state index in [0.29, 0.717) is 5.56 Å². The molecular weight excluding hydrogens is 260 g/mol. The van der Waals surface area contributed by atoms with Gasteiger partial charge >= 0.3 is 0 Å². The van der Waals surface area contributed by atoms with E-state index in [2.05, 4.69) is 0 Å². The van der Waals surface area contributed by atoms with Gasteiger partial charge in [0.2, 0.25) is 5.79 Å². The monoisotopic (exact) mass is 274 g/mol. The van der Waals surface area contributed by atoms with Gasteiger partial charge in [0.15, 0.2) is 11.9 Å². The van der Waals surface area contributed by atoms with Crippen LogP contribution in [0.4, 0.5) is 0 Å². The Labute approximate surface area is 115 Å². The molecule has 0 saturated carbocycles. The minimum Gasteiger partial charge on any atom is -0.507 e. The number of allylic oxidation sites excluding steroid dienone is 3. The van der Waals surface area contributed by atoms with Gasteiger partial charge in [-0.3, -0.25) is 4.79 Å². The molecule has 0 aliphatic heterocycles. The first-order valence-corrected chi connectivity index (χ1v) is 5.94. The summed E-state index contributed by atoms with van der Waals surface area (Å²) in [5.74, 6) is -3.42. The van der Waals surface area contributed by atoms with Crippen LogP contribution < -0.4 is 0 Å². The normalized spacial score (nSPS) is 24.1. The van der Waals surface area contributed by atoms with Crippen molar-refractivity contribution in [2.75, 3.05) is 0 Å². The fourth-order valence-corrected chi connectivity index (χ4v) is 1.75. The first kappa shape index (κ1) is 14.2. The fraction of sp³-hybridized carbons (Fsp3) is 0.133.